The predicted molar refractivity (Wildman–Crippen MR) is 66.5 cm³/mol. The summed E-state index contributed by atoms with van der Waals surface area (Å²) in [6.07, 6.45) is 0. The van der Waals surface area contributed by atoms with Crippen molar-refractivity contribution in [3.05, 3.63) is 29.1 Å². The van der Waals surface area contributed by atoms with E-state index in [1.54, 1.807) is 39.2 Å². The van der Waals surface area contributed by atoms with Gasteiger partial charge in [-0.2, -0.15) is 0 Å². The van der Waals surface area contributed by atoms with Gasteiger partial charge in [-0.3, -0.25) is 0 Å². The molecule has 0 radical (unpaired) electrons. The Balaban J connectivity index is 2.49. The zero-order valence-corrected chi connectivity index (χ0v) is 11.0. The Kier molecular flexibility index (Phi) is 3.28. The first-order chi connectivity index (χ1) is 8.41. The van der Waals surface area contributed by atoms with Crippen LogP contribution >= 0.6 is 11.6 Å². The Bertz CT molecular complexity index is 561. The number of aliphatic hydroxyl groups is 1. The third-order valence-corrected chi connectivity index (χ3v) is 2.58. The van der Waals surface area contributed by atoms with Crippen LogP contribution in [0.3, 0.4) is 0 Å². The van der Waals surface area contributed by atoms with Crippen LogP contribution in [-0.4, -0.2) is 22.4 Å². The SMILES string of the molecule is COc1ccc(Cl)cc1-c1nnc(C(C)(C)O)o1. The highest BCUT2D eigenvalue weighted by Gasteiger charge is 2.25. The molecule has 0 aliphatic rings. The van der Waals surface area contributed by atoms with E-state index < -0.39 is 5.60 Å². The van der Waals surface area contributed by atoms with Crippen molar-refractivity contribution in [1.29, 1.82) is 0 Å². The first kappa shape index (κ1) is 12.9. The minimum atomic E-state index is -1.18. The van der Waals surface area contributed by atoms with Crippen LogP contribution in [0.2, 0.25) is 5.02 Å². The average molecular weight is 269 g/mol. The number of nitrogens with zero attached hydrogens (tertiary/aromatic N) is 2. The van der Waals surface area contributed by atoms with Gasteiger partial charge in [0, 0.05) is 5.02 Å². The zero-order valence-electron chi connectivity index (χ0n) is 10.3. The Morgan fingerprint density at radius 1 is 1.33 bits per heavy atom. The molecule has 6 heteroatoms. The third kappa shape index (κ3) is 2.47. The van der Waals surface area contributed by atoms with Gasteiger partial charge >= 0.3 is 0 Å². The van der Waals surface area contributed by atoms with Crippen LogP contribution in [0.5, 0.6) is 5.75 Å². The van der Waals surface area contributed by atoms with Crippen molar-refractivity contribution in [1.82, 2.24) is 10.2 Å². The maximum Gasteiger partial charge on any atom is 0.251 e. The molecule has 1 aromatic heterocycles. The molecule has 1 heterocycles. The number of aromatic nitrogens is 2. The number of benzene rings is 1. The molecule has 0 unspecified atom stereocenters. The fraction of sp³-hybridized carbons (Fsp3) is 0.333. The Morgan fingerprint density at radius 3 is 2.61 bits per heavy atom. The number of ether oxygens (including phenoxy) is 1. The Morgan fingerprint density at radius 2 is 2.06 bits per heavy atom. The first-order valence-electron chi connectivity index (χ1n) is 5.32. The van der Waals surface area contributed by atoms with Gasteiger partial charge in [-0.15, -0.1) is 10.2 Å². The van der Waals surface area contributed by atoms with Crippen molar-refractivity contribution < 1.29 is 14.3 Å². The normalized spacial score (nSPS) is 11.6. The number of methoxy groups -OCH3 is 1. The van der Waals surface area contributed by atoms with Gasteiger partial charge in [0.1, 0.15) is 11.4 Å². The summed E-state index contributed by atoms with van der Waals surface area (Å²) in [4.78, 5) is 0. The van der Waals surface area contributed by atoms with Gasteiger partial charge in [0.15, 0.2) is 0 Å². The molecule has 96 valence electrons. The second kappa shape index (κ2) is 4.59. The van der Waals surface area contributed by atoms with Crippen LogP contribution in [0.25, 0.3) is 11.5 Å². The molecule has 5 nitrogen and oxygen atoms in total. The topological polar surface area (TPSA) is 68.4 Å². The number of hydrogen-bond donors (Lipinski definition) is 1. The van der Waals surface area contributed by atoms with Crippen LogP contribution in [0.1, 0.15) is 19.7 Å². The number of hydrogen-bond acceptors (Lipinski definition) is 5. The maximum atomic E-state index is 9.78. The van der Waals surface area contributed by atoms with Crippen LogP contribution in [0, 0.1) is 0 Å². The predicted octanol–water partition coefficient (Wildman–Crippen LogP) is 2.63. The molecule has 2 aromatic rings. The molecule has 0 fully saturated rings. The van der Waals surface area contributed by atoms with Crippen molar-refractivity contribution in [3.63, 3.8) is 0 Å². The summed E-state index contributed by atoms with van der Waals surface area (Å²) in [5.41, 5.74) is -0.593. The largest absolute Gasteiger partial charge is 0.496 e. The summed E-state index contributed by atoms with van der Waals surface area (Å²) < 4.78 is 10.6. The van der Waals surface area contributed by atoms with Gasteiger partial charge in [-0.25, -0.2) is 0 Å². The van der Waals surface area contributed by atoms with E-state index in [2.05, 4.69) is 10.2 Å². The minimum Gasteiger partial charge on any atom is -0.496 e. The fourth-order valence-electron chi connectivity index (χ4n) is 1.43. The molecule has 0 saturated heterocycles. The summed E-state index contributed by atoms with van der Waals surface area (Å²) in [6.45, 7) is 3.14. The van der Waals surface area contributed by atoms with Crippen molar-refractivity contribution in [3.8, 4) is 17.2 Å². The lowest BCUT2D eigenvalue weighted by molar-refractivity contribution is 0.0487. The lowest BCUT2D eigenvalue weighted by Crippen LogP contribution is -2.15. The lowest BCUT2D eigenvalue weighted by Gasteiger charge is -2.10. The highest BCUT2D eigenvalue weighted by atomic mass is 35.5. The summed E-state index contributed by atoms with van der Waals surface area (Å²) >= 11 is 5.93. The molecule has 1 N–H and O–H groups in total. The molecule has 0 bridgehead atoms. The lowest BCUT2D eigenvalue weighted by atomic mass is 10.1. The molecule has 0 amide bonds. The highest BCUT2D eigenvalue weighted by Crippen LogP contribution is 2.32. The van der Waals surface area contributed by atoms with Crippen LogP contribution < -0.4 is 4.74 Å². The van der Waals surface area contributed by atoms with Crippen molar-refractivity contribution >= 4 is 11.6 Å². The zero-order chi connectivity index (χ0) is 13.3. The van der Waals surface area contributed by atoms with Crippen molar-refractivity contribution in [2.24, 2.45) is 0 Å². The standard InChI is InChI=1S/C12H13ClN2O3/c1-12(2,16)11-15-14-10(18-11)8-6-7(13)4-5-9(8)17-3/h4-6,16H,1-3H3. The second-order valence-electron chi connectivity index (χ2n) is 4.32. The van der Waals surface area contributed by atoms with E-state index in [0.29, 0.717) is 16.3 Å². The van der Waals surface area contributed by atoms with Gasteiger partial charge in [0.25, 0.3) is 5.89 Å². The van der Waals surface area contributed by atoms with Crippen LogP contribution in [-0.2, 0) is 5.60 Å². The molecule has 18 heavy (non-hydrogen) atoms. The van der Waals surface area contributed by atoms with Crippen LogP contribution in [0.4, 0.5) is 0 Å². The molecule has 1 aromatic carbocycles. The monoisotopic (exact) mass is 268 g/mol. The van der Waals surface area contributed by atoms with Gasteiger partial charge in [0.05, 0.1) is 12.7 Å². The Labute approximate surface area is 109 Å². The molecule has 0 aliphatic carbocycles. The maximum absolute atomic E-state index is 9.78. The first-order valence-corrected chi connectivity index (χ1v) is 5.70. The summed E-state index contributed by atoms with van der Waals surface area (Å²) in [7, 11) is 1.54. The van der Waals surface area contributed by atoms with E-state index in [0.717, 1.165) is 0 Å². The van der Waals surface area contributed by atoms with Gasteiger partial charge in [0.2, 0.25) is 5.89 Å². The average Bonchev–Trinajstić information content (AvgIpc) is 2.77. The summed E-state index contributed by atoms with van der Waals surface area (Å²) in [5, 5.41) is 18.0. The molecule has 0 saturated carbocycles. The molecule has 2 rings (SSSR count). The molecule has 0 atom stereocenters. The quantitative estimate of drug-likeness (QED) is 0.927. The van der Waals surface area contributed by atoms with Gasteiger partial charge < -0.3 is 14.3 Å². The minimum absolute atomic E-state index is 0.138. The second-order valence-corrected chi connectivity index (χ2v) is 4.75. The van der Waals surface area contributed by atoms with E-state index >= 15 is 0 Å². The van der Waals surface area contributed by atoms with Crippen molar-refractivity contribution in [2.75, 3.05) is 7.11 Å². The van der Waals surface area contributed by atoms with Gasteiger partial charge in [-0.05, 0) is 32.0 Å². The van der Waals surface area contributed by atoms with Gasteiger partial charge in [-0.1, -0.05) is 11.6 Å². The molecule has 0 spiro atoms. The van der Waals surface area contributed by atoms with Crippen molar-refractivity contribution in [2.45, 2.75) is 19.4 Å². The van der Waals surface area contributed by atoms with E-state index in [1.165, 1.54) is 0 Å². The highest BCUT2D eigenvalue weighted by molar-refractivity contribution is 6.30. The third-order valence-electron chi connectivity index (χ3n) is 2.34. The smallest absolute Gasteiger partial charge is 0.251 e. The Hall–Kier alpha value is -1.59. The van der Waals surface area contributed by atoms with Crippen LogP contribution in [0.15, 0.2) is 22.6 Å². The number of rotatable bonds is 3. The van der Waals surface area contributed by atoms with E-state index in [9.17, 15) is 5.11 Å². The van der Waals surface area contributed by atoms with E-state index in [4.69, 9.17) is 20.8 Å². The summed E-state index contributed by atoms with van der Waals surface area (Å²) in [6, 6.07) is 5.09. The van der Waals surface area contributed by atoms with E-state index in [1.807, 2.05) is 0 Å². The molecule has 0 aliphatic heterocycles. The summed E-state index contributed by atoms with van der Waals surface area (Å²) in [5.74, 6) is 0.969. The number of halogens is 1. The molecular formula is C12H13ClN2O3. The fourth-order valence-corrected chi connectivity index (χ4v) is 1.60. The molecular weight excluding hydrogens is 256 g/mol. The van der Waals surface area contributed by atoms with E-state index in [-0.39, 0.29) is 11.8 Å².